The number of hydrogen-bond donors (Lipinski definition) is 0. The van der Waals surface area contributed by atoms with Crippen molar-refractivity contribution in [1.29, 1.82) is 5.26 Å². The molecule has 1 aromatic carbocycles. The lowest BCUT2D eigenvalue weighted by Crippen LogP contribution is -2.45. The van der Waals surface area contributed by atoms with Gasteiger partial charge in [0.15, 0.2) is 0 Å². The predicted molar refractivity (Wildman–Crippen MR) is 84.8 cm³/mol. The molecule has 3 fully saturated rings. The van der Waals surface area contributed by atoms with E-state index in [1.165, 1.54) is 0 Å². The molecule has 4 rings (SSSR count). The zero-order chi connectivity index (χ0) is 16.2. The third kappa shape index (κ3) is 2.31. The van der Waals surface area contributed by atoms with Crippen molar-refractivity contribution in [1.82, 2.24) is 0 Å². The Morgan fingerprint density at radius 1 is 1.13 bits per heavy atom. The molecule has 3 aliphatic carbocycles. The molecule has 1 aromatic rings. The Labute approximate surface area is 137 Å². The number of benzene rings is 1. The van der Waals surface area contributed by atoms with Crippen molar-refractivity contribution in [2.45, 2.75) is 50.0 Å². The number of nitrogens with zero attached hydrogens (tertiary/aromatic N) is 1. The topological polar surface area (TPSA) is 67.2 Å². The lowest BCUT2D eigenvalue weighted by atomic mass is 9.63. The average molecular weight is 331 g/mol. The molecule has 23 heavy (non-hydrogen) atoms. The summed E-state index contributed by atoms with van der Waals surface area (Å²) in [6.07, 6.45) is 4.27. The van der Waals surface area contributed by atoms with Gasteiger partial charge in [0.25, 0.3) is 10.1 Å². The quantitative estimate of drug-likeness (QED) is 0.796. The first-order valence-electron chi connectivity index (χ1n) is 8.34. The van der Waals surface area contributed by atoms with Crippen LogP contribution in [0.15, 0.2) is 29.2 Å². The maximum atomic E-state index is 12.6. The maximum Gasteiger partial charge on any atom is 0.297 e. The van der Waals surface area contributed by atoms with Crippen molar-refractivity contribution < 1.29 is 12.6 Å². The molecule has 122 valence electrons. The summed E-state index contributed by atoms with van der Waals surface area (Å²) in [5.74, 6) is 1.40. The molecule has 3 saturated carbocycles. The van der Waals surface area contributed by atoms with Crippen LogP contribution >= 0.6 is 0 Å². The van der Waals surface area contributed by atoms with Gasteiger partial charge in [0.2, 0.25) is 0 Å². The number of aryl methyl sites for hydroxylation is 1. The van der Waals surface area contributed by atoms with E-state index in [9.17, 15) is 13.7 Å². The van der Waals surface area contributed by atoms with E-state index in [1.54, 1.807) is 24.3 Å². The average Bonchev–Trinajstić information content (AvgIpc) is 2.71. The van der Waals surface area contributed by atoms with Gasteiger partial charge in [-0.1, -0.05) is 17.7 Å². The smallest absolute Gasteiger partial charge is 0.261 e. The van der Waals surface area contributed by atoms with Crippen LogP contribution in [0.25, 0.3) is 0 Å². The summed E-state index contributed by atoms with van der Waals surface area (Å²) in [4.78, 5) is 0.184. The van der Waals surface area contributed by atoms with E-state index >= 15 is 0 Å². The third-order valence-electron chi connectivity index (χ3n) is 6.14. The van der Waals surface area contributed by atoms with Gasteiger partial charge in [0.05, 0.1) is 22.5 Å². The molecule has 0 unspecified atom stereocenters. The van der Waals surface area contributed by atoms with Gasteiger partial charge in [-0.25, -0.2) is 0 Å². The van der Waals surface area contributed by atoms with Crippen molar-refractivity contribution in [3.05, 3.63) is 29.8 Å². The molecule has 0 amide bonds. The van der Waals surface area contributed by atoms with Gasteiger partial charge in [-0.15, -0.1) is 0 Å². The van der Waals surface area contributed by atoms with Crippen molar-refractivity contribution in [3.63, 3.8) is 0 Å². The lowest BCUT2D eigenvalue weighted by molar-refractivity contribution is 0.00105. The fraction of sp³-hybridized carbons (Fsp3) is 0.611. The largest absolute Gasteiger partial charge is 0.297 e. The van der Waals surface area contributed by atoms with Crippen molar-refractivity contribution in [2.75, 3.05) is 0 Å². The fourth-order valence-electron chi connectivity index (χ4n) is 5.14. The predicted octanol–water partition coefficient (Wildman–Crippen LogP) is 3.42. The normalized spacial score (nSPS) is 38.4. The summed E-state index contributed by atoms with van der Waals surface area (Å²) < 4.78 is 31.0. The number of hydrogen-bond acceptors (Lipinski definition) is 4. The maximum absolute atomic E-state index is 12.6. The van der Waals surface area contributed by atoms with Crippen LogP contribution < -0.4 is 0 Å². The van der Waals surface area contributed by atoms with E-state index in [-0.39, 0.29) is 4.90 Å². The Bertz CT molecular complexity index is 764. The summed E-state index contributed by atoms with van der Waals surface area (Å²) in [6, 6.07) is 9.18. The third-order valence-corrected chi connectivity index (χ3v) is 7.48. The van der Waals surface area contributed by atoms with Gasteiger partial charge in [0.1, 0.15) is 0 Å². The molecule has 5 heteroatoms. The zero-order valence-corrected chi connectivity index (χ0v) is 14.1. The van der Waals surface area contributed by atoms with Gasteiger partial charge >= 0.3 is 0 Å². The van der Waals surface area contributed by atoms with Crippen LogP contribution in [-0.2, 0) is 14.3 Å². The monoisotopic (exact) mass is 331 g/mol. The highest BCUT2D eigenvalue weighted by Gasteiger charge is 2.61. The van der Waals surface area contributed by atoms with Crippen molar-refractivity contribution in [2.24, 2.45) is 23.2 Å². The Kier molecular flexibility index (Phi) is 3.33. The highest BCUT2D eigenvalue weighted by molar-refractivity contribution is 7.86. The zero-order valence-electron chi connectivity index (χ0n) is 13.2. The van der Waals surface area contributed by atoms with Gasteiger partial charge < -0.3 is 0 Å². The Balaban J connectivity index is 1.66. The first-order chi connectivity index (χ1) is 10.9. The van der Waals surface area contributed by atoms with Crippen LogP contribution in [0.3, 0.4) is 0 Å². The van der Waals surface area contributed by atoms with Crippen LogP contribution in [0, 0.1) is 41.4 Å². The van der Waals surface area contributed by atoms with E-state index in [2.05, 4.69) is 6.07 Å². The summed E-state index contributed by atoms with van der Waals surface area (Å²) in [7, 11) is -3.82. The highest BCUT2D eigenvalue weighted by atomic mass is 32.2. The summed E-state index contributed by atoms with van der Waals surface area (Å²) >= 11 is 0. The van der Waals surface area contributed by atoms with Crippen molar-refractivity contribution in [3.8, 4) is 6.07 Å². The minimum Gasteiger partial charge on any atom is -0.261 e. The summed E-state index contributed by atoms with van der Waals surface area (Å²) in [5.41, 5.74) is 0.405. The summed E-state index contributed by atoms with van der Waals surface area (Å²) in [5, 5.41) is 9.84. The van der Waals surface area contributed by atoms with Crippen LogP contribution in [0.4, 0.5) is 0 Å². The van der Waals surface area contributed by atoms with E-state index in [4.69, 9.17) is 4.18 Å². The van der Waals surface area contributed by atoms with Crippen molar-refractivity contribution >= 4 is 10.1 Å². The molecule has 0 saturated heterocycles. The van der Waals surface area contributed by atoms with Gasteiger partial charge in [0, 0.05) is 0 Å². The minimum absolute atomic E-state index is 0.184. The molecule has 0 spiro atoms. The lowest BCUT2D eigenvalue weighted by Gasteiger charge is -2.43. The van der Waals surface area contributed by atoms with Crippen LogP contribution in [0.5, 0.6) is 0 Å². The van der Waals surface area contributed by atoms with Gasteiger partial charge in [-0.05, 0) is 68.9 Å². The van der Waals surface area contributed by atoms with Crippen LogP contribution in [0.2, 0.25) is 0 Å². The number of rotatable bonds is 3. The summed E-state index contributed by atoms with van der Waals surface area (Å²) in [6.45, 7) is 1.92. The molecular weight excluding hydrogens is 310 g/mol. The molecule has 0 radical (unpaired) electrons. The van der Waals surface area contributed by atoms with E-state index in [0.717, 1.165) is 31.2 Å². The molecule has 0 aliphatic heterocycles. The number of fused-ring (bicyclic) bond motifs is 2. The molecule has 0 N–H and O–H groups in total. The van der Waals surface area contributed by atoms with Gasteiger partial charge in [-0.3, -0.25) is 4.18 Å². The molecule has 5 atom stereocenters. The van der Waals surface area contributed by atoms with Gasteiger partial charge in [-0.2, -0.15) is 13.7 Å². The highest BCUT2D eigenvalue weighted by Crippen LogP contribution is 2.62. The first kappa shape index (κ1) is 15.2. The SMILES string of the molecule is Cc1ccc(S(=O)(=O)O[C@@H]2C[C@@H]3C[C@H]4C[C@@H](C3)[C@@]2(C#N)C4)cc1. The second-order valence-electron chi connectivity index (χ2n) is 7.58. The fourth-order valence-corrected chi connectivity index (χ4v) is 6.28. The van der Waals surface area contributed by atoms with E-state index in [1.807, 2.05) is 6.92 Å². The number of nitriles is 1. The second kappa shape index (κ2) is 5.06. The Morgan fingerprint density at radius 3 is 2.52 bits per heavy atom. The first-order valence-corrected chi connectivity index (χ1v) is 9.75. The van der Waals surface area contributed by atoms with E-state index in [0.29, 0.717) is 24.2 Å². The standard InChI is InChI=1S/C18H21NO3S/c1-12-2-4-16(5-3-12)23(20,21)22-17-9-13-6-14-8-15(7-13)18(17,10-14)11-19/h2-5,13-15,17H,6-10H2,1H3/t13-,14+,15-,17-,18+/m1/s1. The molecule has 4 nitrogen and oxygen atoms in total. The van der Waals surface area contributed by atoms with Crippen LogP contribution in [-0.4, -0.2) is 14.5 Å². The molecule has 3 bridgehead atoms. The Hall–Kier alpha value is -1.38. The van der Waals surface area contributed by atoms with E-state index < -0.39 is 21.6 Å². The minimum atomic E-state index is -3.82. The molecule has 0 aromatic heterocycles. The second-order valence-corrected chi connectivity index (χ2v) is 9.15. The Morgan fingerprint density at radius 2 is 1.83 bits per heavy atom. The molecule has 3 aliphatic rings. The molecular formula is C18H21NO3S. The van der Waals surface area contributed by atoms with Crippen LogP contribution in [0.1, 0.15) is 37.7 Å². The molecule has 0 heterocycles.